The Morgan fingerprint density at radius 2 is 1.67 bits per heavy atom. The van der Waals surface area contributed by atoms with Gasteiger partial charge in [-0.2, -0.15) is 0 Å². The highest BCUT2D eigenvalue weighted by Crippen LogP contribution is 2.28. The first-order chi connectivity index (χ1) is 17.2. The topological polar surface area (TPSA) is 106 Å². The first kappa shape index (κ1) is 29.6. The number of anilines is 1. The zero-order valence-electron chi connectivity index (χ0n) is 21.5. The van der Waals surface area contributed by atoms with Gasteiger partial charge in [0.15, 0.2) is 0 Å². The molecular weight excluding hydrogens is 524 g/mol. The summed E-state index contributed by atoms with van der Waals surface area (Å²) in [5.41, 5.74) is 7.99. The van der Waals surface area contributed by atoms with Crippen LogP contribution in [-0.2, 0) is 9.47 Å². The van der Waals surface area contributed by atoms with Gasteiger partial charge in [0.05, 0.1) is 5.69 Å². The van der Waals surface area contributed by atoms with E-state index in [1.165, 1.54) is 0 Å². The van der Waals surface area contributed by atoms with Gasteiger partial charge in [-0.05, 0) is 45.2 Å². The number of alkyl halides is 1. The Hall–Kier alpha value is -2.62. The molecule has 0 saturated carbocycles. The van der Waals surface area contributed by atoms with Crippen LogP contribution >= 0.6 is 15.9 Å². The maximum atomic E-state index is 12.3. The molecule has 0 radical (unpaired) electrons. The van der Waals surface area contributed by atoms with Gasteiger partial charge in [0.1, 0.15) is 11.7 Å². The summed E-state index contributed by atoms with van der Waals surface area (Å²) in [5, 5.41) is 6.22. The number of piperidine rings is 1. The third-order valence-corrected chi connectivity index (χ3v) is 5.66. The largest absolute Gasteiger partial charge is 0.446 e. The number of rotatable bonds is 7. The minimum Gasteiger partial charge on any atom is -0.446 e. The fourth-order valence-corrected chi connectivity index (χ4v) is 3.85. The lowest BCUT2D eigenvalue weighted by Crippen LogP contribution is -2.40. The van der Waals surface area contributed by atoms with Gasteiger partial charge in [-0.1, -0.05) is 64.5 Å². The smallest absolute Gasteiger partial charge is 0.411 e. The first-order valence-electron chi connectivity index (χ1n) is 12.3. The molecule has 1 fully saturated rings. The van der Waals surface area contributed by atoms with Crippen molar-refractivity contribution in [3.05, 3.63) is 54.6 Å². The Morgan fingerprint density at radius 3 is 2.28 bits per heavy atom. The molecule has 8 nitrogen and oxygen atoms in total. The number of ether oxygens (including phenoxy) is 2. The molecule has 36 heavy (non-hydrogen) atoms. The molecule has 3 rings (SSSR count). The average molecular weight is 564 g/mol. The van der Waals surface area contributed by atoms with E-state index in [0.717, 1.165) is 54.6 Å². The number of nitrogens with one attached hydrogen (secondary N) is 2. The summed E-state index contributed by atoms with van der Waals surface area (Å²) in [5.74, 6) is 0. The second-order valence-electron chi connectivity index (χ2n) is 9.39. The van der Waals surface area contributed by atoms with E-state index in [1.54, 1.807) is 0 Å². The number of nitrogens with zero attached hydrogens (tertiary/aromatic N) is 1. The lowest BCUT2D eigenvalue weighted by atomic mass is 10.0. The fourth-order valence-electron chi connectivity index (χ4n) is 3.65. The highest BCUT2D eigenvalue weighted by Gasteiger charge is 2.22. The molecule has 2 aromatic rings. The van der Waals surface area contributed by atoms with Gasteiger partial charge in [-0.15, -0.1) is 0 Å². The average Bonchev–Trinajstić information content (AvgIpc) is 2.84. The Labute approximate surface area is 223 Å². The van der Waals surface area contributed by atoms with Crippen LogP contribution in [0.5, 0.6) is 0 Å². The van der Waals surface area contributed by atoms with E-state index in [9.17, 15) is 9.59 Å². The second kappa shape index (κ2) is 15.5. The van der Waals surface area contributed by atoms with Crippen LogP contribution in [0.25, 0.3) is 11.1 Å². The molecule has 0 atom stereocenters. The summed E-state index contributed by atoms with van der Waals surface area (Å²) >= 11 is 3.19. The number of hydrogen-bond donors (Lipinski definition) is 3. The molecule has 1 saturated heterocycles. The van der Waals surface area contributed by atoms with Gasteiger partial charge in [-0.3, -0.25) is 5.32 Å². The summed E-state index contributed by atoms with van der Waals surface area (Å²) in [6, 6.07) is 17.8. The zero-order chi connectivity index (χ0) is 26.4. The van der Waals surface area contributed by atoms with Crippen LogP contribution in [0, 0.1) is 0 Å². The van der Waals surface area contributed by atoms with Gasteiger partial charge in [0, 0.05) is 43.6 Å². The number of nitrogens with two attached hydrogens (primary N) is 1. The molecular formula is C27H39BrN4O4. The van der Waals surface area contributed by atoms with Crippen molar-refractivity contribution in [3.63, 3.8) is 0 Å². The van der Waals surface area contributed by atoms with Crippen molar-refractivity contribution in [2.24, 2.45) is 5.73 Å². The highest BCUT2D eigenvalue weighted by atomic mass is 79.9. The summed E-state index contributed by atoms with van der Waals surface area (Å²) in [7, 11) is 0. The molecule has 9 heteroatoms. The summed E-state index contributed by atoms with van der Waals surface area (Å²) in [6.45, 7) is 9.52. The Bertz CT molecular complexity index is 929. The molecule has 0 spiro atoms. The summed E-state index contributed by atoms with van der Waals surface area (Å²) in [6.07, 6.45) is 0.928. The third-order valence-electron chi connectivity index (χ3n) is 5.26. The molecule has 2 amide bonds. The molecule has 0 bridgehead atoms. The van der Waals surface area contributed by atoms with Gasteiger partial charge in [-0.25, -0.2) is 9.59 Å². The van der Waals surface area contributed by atoms with Crippen molar-refractivity contribution in [1.82, 2.24) is 10.2 Å². The lowest BCUT2D eigenvalue weighted by Gasteiger charge is -2.31. The van der Waals surface area contributed by atoms with Crippen LogP contribution in [0.4, 0.5) is 15.3 Å². The van der Waals surface area contributed by atoms with Gasteiger partial charge in [0.25, 0.3) is 0 Å². The number of likely N-dealkylation sites (tertiary alicyclic amines) is 1. The van der Waals surface area contributed by atoms with Crippen LogP contribution in [0.1, 0.15) is 33.6 Å². The third kappa shape index (κ3) is 11.4. The maximum Gasteiger partial charge on any atom is 0.411 e. The highest BCUT2D eigenvalue weighted by molar-refractivity contribution is 9.09. The van der Waals surface area contributed by atoms with Crippen molar-refractivity contribution in [2.45, 2.75) is 45.3 Å². The van der Waals surface area contributed by atoms with Crippen LogP contribution in [0.2, 0.25) is 0 Å². The first-order valence-corrected chi connectivity index (χ1v) is 13.4. The lowest BCUT2D eigenvalue weighted by molar-refractivity contribution is 0.0530. The Kier molecular flexibility index (Phi) is 12.7. The van der Waals surface area contributed by atoms with Crippen molar-refractivity contribution in [1.29, 1.82) is 0 Å². The molecule has 1 heterocycles. The van der Waals surface area contributed by atoms with Crippen LogP contribution in [-0.4, -0.2) is 66.8 Å². The standard InChI is InChI=1S/C20H25N3O2.C7H14BrNO2/c21-12-15-23-13-10-17(11-14-23)25-20(24)22-19-9-5-4-8-18(19)16-6-2-1-3-7-16;1-7(2,3)11-6(10)9-5-4-8/h1-9,17H,10-15,21H2,(H,22,24);4-5H2,1-3H3,(H,9,10). The number of carbonyl (C=O) groups is 2. The van der Waals surface area contributed by atoms with E-state index in [1.807, 2.05) is 75.4 Å². The Balaban J connectivity index is 0.000000352. The molecule has 0 aromatic heterocycles. The van der Waals surface area contributed by atoms with Crippen LogP contribution in [0.15, 0.2) is 54.6 Å². The molecule has 0 aliphatic carbocycles. The SMILES string of the molecule is CC(C)(C)OC(=O)NCCBr.NCCN1CCC(OC(=O)Nc2ccccc2-c2ccccc2)CC1. The van der Waals surface area contributed by atoms with Gasteiger partial charge >= 0.3 is 12.2 Å². The summed E-state index contributed by atoms with van der Waals surface area (Å²) in [4.78, 5) is 25.5. The quantitative estimate of drug-likeness (QED) is 0.399. The zero-order valence-corrected chi connectivity index (χ0v) is 23.1. The maximum absolute atomic E-state index is 12.3. The predicted octanol–water partition coefficient (Wildman–Crippen LogP) is 5.23. The normalized spacial score (nSPS) is 14.2. The molecule has 1 aliphatic rings. The number of amides is 2. The van der Waals surface area contributed by atoms with E-state index in [4.69, 9.17) is 15.2 Å². The molecule has 198 valence electrons. The molecule has 1 aliphatic heterocycles. The number of carbonyl (C=O) groups excluding carboxylic acids is 2. The number of para-hydroxylation sites is 1. The fraction of sp³-hybridized carbons (Fsp3) is 0.481. The predicted molar refractivity (Wildman–Crippen MR) is 149 cm³/mol. The molecule has 2 aromatic carbocycles. The van der Waals surface area contributed by atoms with Crippen LogP contribution < -0.4 is 16.4 Å². The van der Waals surface area contributed by atoms with Gasteiger partial charge < -0.3 is 25.4 Å². The van der Waals surface area contributed by atoms with Crippen molar-refractivity contribution >= 4 is 33.8 Å². The van der Waals surface area contributed by atoms with E-state index < -0.39 is 5.60 Å². The molecule has 0 unspecified atom stereocenters. The van der Waals surface area contributed by atoms with Crippen molar-refractivity contribution in [3.8, 4) is 11.1 Å². The van der Waals surface area contributed by atoms with Gasteiger partial charge in [0.2, 0.25) is 0 Å². The van der Waals surface area contributed by atoms with Crippen molar-refractivity contribution < 1.29 is 19.1 Å². The van der Waals surface area contributed by atoms with E-state index >= 15 is 0 Å². The molecule has 4 N–H and O–H groups in total. The Morgan fingerprint density at radius 1 is 1.03 bits per heavy atom. The van der Waals surface area contributed by atoms with E-state index in [-0.39, 0.29) is 18.3 Å². The number of halogens is 1. The number of benzene rings is 2. The van der Waals surface area contributed by atoms with E-state index in [2.05, 4.69) is 31.5 Å². The number of alkyl carbamates (subject to hydrolysis) is 1. The minimum absolute atomic E-state index is 0.0297. The second-order valence-corrected chi connectivity index (χ2v) is 10.2. The minimum atomic E-state index is -0.406. The van der Waals surface area contributed by atoms with Crippen LogP contribution in [0.3, 0.4) is 0 Å². The monoisotopic (exact) mass is 562 g/mol. The van der Waals surface area contributed by atoms with Crippen molar-refractivity contribution in [2.75, 3.05) is 43.4 Å². The van der Waals surface area contributed by atoms with E-state index in [0.29, 0.717) is 13.1 Å². The number of hydrogen-bond acceptors (Lipinski definition) is 6. The summed E-state index contributed by atoms with van der Waals surface area (Å²) < 4.78 is 10.6.